The Bertz CT molecular complexity index is 410. The van der Waals surface area contributed by atoms with Gasteiger partial charge in [-0.05, 0) is 44.0 Å². The normalized spacial score (nSPS) is 10.5. The van der Waals surface area contributed by atoms with Gasteiger partial charge < -0.3 is 14.8 Å². The number of alkyl halides is 2. The molecule has 0 aromatic heterocycles. The summed E-state index contributed by atoms with van der Waals surface area (Å²) in [7, 11) is 0. The summed E-state index contributed by atoms with van der Waals surface area (Å²) in [5.41, 5.74) is 0.849. The van der Waals surface area contributed by atoms with Crippen LogP contribution >= 0.6 is 0 Å². The summed E-state index contributed by atoms with van der Waals surface area (Å²) in [6.07, 6.45) is 3.11. The third-order valence-electron chi connectivity index (χ3n) is 2.77. The third kappa shape index (κ3) is 8.12. The second-order valence-electron chi connectivity index (χ2n) is 4.45. The van der Waals surface area contributed by atoms with E-state index in [-0.39, 0.29) is 11.7 Å². The monoisotopic (exact) mass is 301 g/mol. The van der Waals surface area contributed by atoms with Crippen LogP contribution in [0.15, 0.2) is 24.3 Å². The molecule has 0 heterocycles. The molecule has 0 amide bonds. The molecular weight excluding hydrogens is 280 g/mol. The summed E-state index contributed by atoms with van der Waals surface area (Å²) in [6, 6.07) is 6.37. The number of benzene rings is 1. The van der Waals surface area contributed by atoms with Crippen molar-refractivity contribution in [1.82, 2.24) is 0 Å². The van der Waals surface area contributed by atoms with Crippen molar-refractivity contribution in [3.05, 3.63) is 24.3 Å². The quantitative estimate of drug-likeness (QED) is 0.527. The molecule has 0 aliphatic carbocycles. The minimum Gasteiger partial charge on any atom is -0.466 e. The maximum absolute atomic E-state index is 12.0. The van der Waals surface area contributed by atoms with Gasteiger partial charge in [-0.15, -0.1) is 0 Å². The van der Waals surface area contributed by atoms with Crippen LogP contribution in [0.4, 0.5) is 14.5 Å². The van der Waals surface area contributed by atoms with Crippen molar-refractivity contribution in [2.24, 2.45) is 0 Å². The van der Waals surface area contributed by atoms with E-state index in [9.17, 15) is 13.6 Å². The fourth-order valence-corrected chi connectivity index (χ4v) is 1.79. The minimum absolute atomic E-state index is 0.144. The van der Waals surface area contributed by atoms with Gasteiger partial charge in [0, 0.05) is 18.7 Å². The largest absolute Gasteiger partial charge is 0.466 e. The molecule has 1 aromatic rings. The first-order chi connectivity index (χ1) is 10.1. The predicted octanol–water partition coefficient (Wildman–Crippen LogP) is 3.82. The van der Waals surface area contributed by atoms with Gasteiger partial charge in [-0.1, -0.05) is 6.42 Å². The molecule has 0 aliphatic heterocycles. The Balaban J connectivity index is 2.11. The molecule has 4 nitrogen and oxygen atoms in total. The highest BCUT2D eigenvalue weighted by molar-refractivity contribution is 5.69. The second-order valence-corrected chi connectivity index (χ2v) is 4.45. The van der Waals surface area contributed by atoms with Crippen LogP contribution in [0.25, 0.3) is 0 Å². The van der Waals surface area contributed by atoms with E-state index in [4.69, 9.17) is 4.74 Å². The molecule has 0 fully saturated rings. The molecule has 0 aliphatic rings. The molecule has 21 heavy (non-hydrogen) atoms. The van der Waals surface area contributed by atoms with Crippen molar-refractivity contribution < 1.29 is 23.0 Å². The lowest BCUT2D eigenvalue weighted by atomic mass is 10.2. The van der Waals surface area contributed by atoms with Crippen molar-refractivity contribution in [2.75, 3.05) is 18.5 Å². The first-order valence-electron chi connectivity index (χ1n) is 7.06. The Morgan fingerprint density at radius 1 is 1.19 bits per heavy atom. The van der Waals surface area contributed by atoms with Gasteiger partial charge in [0.2, 0.25) is 0 Å². The van der Waals surface area contributed by atoms with Gasteiger partial charge in [0.25, 0.3) is 0 Å². The van der Waals surface area contributed by atoms with E-state index < -0.39 is 6.61 Å². The molecule has 1 aromatic carbocycles. The smallest absolute Gasteiger partial charge is 0.387 e. The maximum Gasteiger partial charge on any atom is 0.387 e. The molecule has 0 spiro atoms. The fourth-order valence-electron chi connectivity index (χ4n) is 1.79. The molecule has 0 unspecified atom stereocenters. The van der Waals surface area contributed by atoms with Crippen LogP contribution in [-0.4, -0.2) is 25.7 Å². The molecule has 1 N–H and O–H groups in total. The van der Waals surface area contributed by atoms with E-state index in [2.05, 4.69) is 10.1 Å². The summed E-state index contributed by atoms with van der Waals surface area (Å²) in [5, 5.41) is 3.18. The Morgan fingerprint density at radius 3 is 2.52 bits per heavy atom. The number of hydrogen-bond donors (Lipinski definition) is 1. The first kappa shape index (κ1) is 17.2. The summed E-state index contributed by atoms with van der Waals surface area (Å²) in [6.45, 7) is 0.173. The number of anilines is 1. The van der Waals surface area contributed by atoms with E-state index in [1.54, 1.807) is 19.1 Å². The number of rotatable bonds is 10. The number of ether oxygens (including phenoxy) is 2. The number of esters is 1. The molecule has 1 rings (SSSR count). The highest BCUT2D eigenvalue weighted by atomic mass is 19.3. The minimum atomic E-state index is -2.80. The number of carbonyl (C=O) groups is 1. The van der Waals surface area contributed by atoms with Crippen molar-refractivity contribution >= 4 is 11.7 Å². The number of halogens is 2. The average molecular weight is 301 g/mol. The van der Waals surface area contributed by atoms with Crippen LogP contribution in [0.2, 0.25) is 0 Å². The molecular formula is C15H21F2NO3. The lowest BCUT2D eigenvalue weighted by molar-refractivity contribution is -0.143. The predicted molar refractivity (Wildman–Crippen MR) is 76.7 cm³/mol. The molecule has 118 valence electrons. The highest BCUT2D eigenvalue weighted by Crippen LogP contribution is 2.17. The van der Waals surface area contributed by atoms with Crippen LogP contribution < -0.4 is 10.1 Å². The molecule has 6 heteroatoms. The lowest BCUT2D eigenvalue weighted by Gasteiger charge is -2.08. The standard InChI is InChI=1S/C15H21F2NO3/c1-2-20-14(19)6-4-3-5-11-18-12-7-9-13(10-8-12)21-15(16)17/h7-10,15,18H,2-6,11H2,1H3. The van der Waals surface area contributed by atoms with Gasteiger partial charge in [0.15, 0.2) is 0 Å². The summed E-state index contributed by atoms with van der Waals surface area (Å²) in [4.78, 5) is 11.1. The van der Waals surface area contributed by atoms with Gasteiger partial charge in [-0.3, -0.25) is 4.79 Å². The van der Waals surface area contributed by atoms with Crippen LogP contribution in [0.3, 0.4) is 0 Å². The first-order valence-corrected chi connectivity index (χ1v) is 7.06. The van der Waals surface area contributed by atoms with E-state index in [0.29, 0.717) is 13.0 Å². The number of unbranched alkanes of at least 4 members (excludes halogenated alkanes) is 2. The second kappa shape index (κ2) is 9.96. The van der Waals surface area contributed by atoms with Crippen molar-refractivity contribution in [1.29, 1.82) is 0 Å². The average Bonchev–Trinajstić information content (AvgIpc) is 2.44. The van der Waals surface area contributed by atoms with Gasteiger partial charge in [-0.2, -0.15) is 8.78 Å². The zero-order valence-corrected chi connectivity index (χ0v) is 12.1. The van der Waals surface area contributed by atoms with Crippen molar-refractivity contribution in [2.45, 2.75) is 39.2 Å². The zero-order valence-electron chi connectivity index (χ0n) is 12.1. The summed E-state index contributed by atoms with van der Waals surface area (Å²) < 4.78 is 33.1. The van der Waals surface area contributed by atoms with E-state index in [0.717, 1.165) is 31.5 Å². The maximum atomic E-state index is 12.0. The molecule has 0 bridgehead atoms. The van der Waals surface area contributed by atoms with Crippen LogP contribution in [0.5, 0.6) is 5.75 Å². The molecule has 0 atom stereocenters. The van der Waals surface area contributed by atoms with Crippen LogP contribution in [0.1, 0.15) is 32.6 Å². The Kier molecular flexibility index (Phi) is 8.16. The molecule has 0 radical (unpaired) electrons. The van der Waals surface area contributed by atoms with Gasteiger partial charge in [0.1, 0.15) is 5.75 Å². The van der Waals surface area contributed by atoms with Crippen LogP contribution in [-0.2, 0) is 9.53 Å². The SMILES string of the molecule is CCOC(=O)CCCCCNc1ccc(OC(F)F)cc1. The summed E-state index contributed by atoms with van der Waals surface area (Å²) >= 11 is 0. The lowest BCUT2D eigenvalue weighted by Crippen LogP contribution is -2.05. The Hall–Kier alpha value is -1.85. The Morgan fingerprint density at radius 2 is 1.90 bits per heavy atom. The topological polar surface area (TPSA) is 47.6 Å². The van der Waals surface area contributed by atoms with Crippen molar-refractivity contribution in [3.63, 3.8) is 0 Å². The van der Waals surface area contributed by atoms with Gasteiger partial charge in [-0.25, -0.2) is 0 Å². The fraction of sp³-hybridized carbons (Fsp3) is 0.533. The highest BCUT2D eigenvalue weighted by Gasteiger charge is 2.03. The number of hydrogen-bond acceptors (Lipinski definition) is 4. The van der Waals surface area contributed by atoms with Gasteiger partial charge in [0.05, 0.1) is 6.61 Å². The van der Waals surface area contributed by atoms with E-state index in [1.165, 1.54) is 12.1 Å². The van der Waals surface area contributed by atoms with E-state index >= 15 is 0 Å². The van der Waals surface area contributed by atoms with Gasteiger partial charge >= 0.3 is 12.6 Å². The van der Waals surface area contributed by atoms with Crippen LogP contribution in [0, 0.1) is 0 Å². The Labute approximate surface area is 123 Å². The number of nitrogens with one attached hydrogen (secondary N) is 1. The van der Waals surface area contributed by atoms with Crippen molar-refractivity contribution in [3.8, 4) is 5.75 Å². The molecule has 0 saturated carbocycles. The molecule has 0 saturated heterocycles. The summed E-state index contributed by atoms with van der Waals surface area (Å²) in [5.74, 6) is -0.00920. The third-order valence-corrected chi connectivity index (χ3v) is 2.77. The number of carbonyl (C=O) groups excluding carboxylic acids is 1. The zero-order chi connectivity index (χ0) is 15.5. The van der Waals surface area contributed by atoms with E-state index in [1.807, 2.05) is 0 Å².